The van der Waals surface area contributed by atoms with Crippen LogP contribution in [0.25, 0.3) is 0 Å². The van der Waals surface area contributed by atoms with E-state index < -0.39 is 26.6 Å². The predicted octanol–water partition coefficient (Wildman–Crippen LogP) is 2.51. The molecule has 3 rings (SSSR count). The van der Waals surface area contributed by atoms with Crippen molar-refractivity contribution in [2.75, 3.05) is 13.8 Å². The Morgan fingerprint density at radius 3 is 2.43 bits per heavy atom. The van der Waals surface area contributed by atoms with Gasteiger partial charge in [-0.1, -0.05) is 12.1 Å². The van der Waals surface area contributed by atoms with Crippen molar-refractivity contribution < 1.29 is 26.7 Å². The summed E-state index contributed by atoms with van der Waals surface area (Å²) in [6.45, 7) is 0.0418. The molecular formula is C15H13F2NO4S. The van der Waals surface area contributed by atoms with Gasteiger partial charge in [0.15, 0.2) is 16.4 Å². The number of fused-ring (bicyclic) bond motifs is 1. The Morgan fingerprint density at radius 2 is 1.74 bits per heavy atom. The summed E-state index contributed by atoms with van der Waals surface area (Å²) in [6, 6.07) is 7.88. The van der Waals surface area contributed by atoms with E-state index in [0.29, 0.717) is 17.1 Å². The summed E-state index contributed by atoms with van der Waals surface area (Å²) in [6.07, 6.45) is 0. The molecule has 2 aromatic carbocycles. The zero-order chi connectivity index (χ0) is 16.6. The Morgan fingerprint density at radius 1 is 1.09 bits per heavy atom. The van der Waals surface area contributed by atoms with Crippen LogP contribution in [0.4, 0.5) is 8.78 Å². The lowest BCUT2D eigenvalue weighted by Gasteiger charge is -2.18. The number of nitrogens with zero attached hydrogens (tertiary/aromatic N) is 1. The fourth-order valence-electron chi connectivity index (χ4n) is 2.27. The molecule has 0 atom stereocenters. The smallest absolute Gasteiger partial charge is 0.248 e. The van der Waals surface area contributed by atoms with Gasteiger partial charge in [-0.15, -0.1) is 0 Å². The molecule has 1 aliphatic rings. The standard InChI is InChI=1S/C15H13F2NO4S/c1-18(8-10-5-6-13-14(7-10)22-9-21-13)23(19,20)15-11(16)3-2-4-12(15)17/h2-7H,8-9H2,1H3. The molecule has 5 nitrogen and oxygen atoms in total. The van der Waals surface area contributed by atoms with Crippen molar-refractivity contribution in [3.05, 3.63) is 53.6 Å². The number of halogens is 2. The topological polar surface area (TPSA) is 55.8 Å². The van der Waals surface area contributed by atoms with Gasteiger partial charge in [0, 0.05) is 13.6 Å². The lowest BCUT2D eigenvalue weighted by molar-refractivity contribution is 0.174. The average Bonchev–Trinajstić information content (AvgIpc) is 2.94. The van der Waals surface area contributed by atoms with Gasteiger partial charge in [-0.25, -0.2) is 17.2 Å². The van der Waals surface area contributed by atoms with E-state index in [1.165, 1.54) is 7.05 Å². The minimum Gasteiger partial charge on any atom is -0.454 e. The van der Waals surface area contributed by atoms with E-state index in [2.05, 4.69) is 0 Å². The summed E-state index contributed by atoms with van der Waals surface area (Å²) in [5.41, 5.74) is 0.608. The summed E-state index contributed by atoms with van der Waals surface area (Å²) in [4.78, 5) is -0.955. The Labute approximate surface area is 132 Å². The van der Waals surface area contributed by atoms with Crippen LogP contribution in [0.3, 0.4) is 0 Å². The molecule has 2 aromatic rings. The van der Waals surface area contributed by atoms with Crippen molar-refractivity contribution in [1.29, 1.82) is 0 Å². The van der Waals surface area contributed by atoms with Crippen molar-refractivity contribution in [3.8, 4) is 11.5 Å². The summed E-state index contributed by atoms with van der Waals surface area (Å²) < 4.78 is 63.6. The first-order valence-electron chi connectivity index (χ1n) is 6.68. The van der Waals surface area contributed by atoms with Crippen molar-refractivity contribution in [3.63, 3.8) is 0 Å². The highest BCUT2D eigenvalue weighted by Gasteiger charge is 2.28. The second-order valence-electron chi connectivity index (χ2n) is 5.00. The molecule has 0 radical (unpaired) electrons. The van der Waals surface area contributed by atoms with Crippen LogP contribution in [-0.2, 0) is 16.6 Å². The van der Waals surface area contributed by atoms with Crippen LogP contribution < -0.4 is 9.47 Å². The number of sulfonamides is 1. The molecule has 1 heterocycles. The van der Waals surface area contributed by atoms with Crippen LogP contribution in [0.5, 0.6) is 11.5 Å². The number of hydrogen-bond donors (Lipinski definition) is 0. The highest BCUT2D eigenvalue weighted by Crippen LogP contribution is 2.33. The maximum atomic E-state index is 13.7. The van der Waals surface area contributed by atoms with Crippen molar-refractivity contribution in [1.82, 2.24) is 4.31 Å². The monoisotopic (exact) mass is 341 g/mol. The SMILES string of the molecule is CN(Cc1ccc2c(c1)OCO2)S(=O)(=O)c1c(F)cccc1F. The van der Waals surface area contributed by atoms with Gasteiger partial charge >= 0.3 is 0 Å². The number of benzene rings is 2. The molecule has 0 spiro atoms. The van der Waals surface area contributed by atoms with E-state index in [9.17, 15) is 17.2 Å². The lowest BCUT2D eigenvalue weighted by atomic mass is 10.2. The third-order valence-corrected chi connectivity index (χ3v) is 5.29. The molecule has 0 amide bonds. The van der Waals surface area contributed by atoms with E-state index in [1.54, 1.807) is 18.2 Å². The van der Waals surface area contributed by atoms with Crippen molar-refractivity contribution in [2.45, 2.75) is 11.4 Å². The van der Waals surface area contributed by atoms with Crippen molar-refractivity contribution >= 4 is 10.0 Å². The Hall–Kier alpha value is -2.19. The van der Waals surface area contributed by atoms with Gasteiger partial charge in [0.2, 0.25) is 16.8 Å². The second kappa shape index (κ2) is 5.78. The van der Waals surface area contributed by atoms with Crippen molar-refractivity contribution in [2.24, 2.45) is 0 Å². The maximum Gasteiger partial charge on any atom is 0.248 e. The third kappa shape index (κ3) is 2.87. The molecule has 0 N–H and O–H groups in total. The molecule has 0 saturated heterocycles. The summed E-state index contributed by atoms with van der Waals surface area (Å²) in [7, 11) is -3.05. The van der Waals surface area contributed by atoms with Gasteiger partial charge in [-0.2, -0.15) is 4.31 Å². The van der Waals surface area contributed by atoms with Gasteiger partial charge in [-0.05, 0) is 29.8 Å². The predicted molar refractivity (Wildman–Crippen MR) is 77.6 cm³/mol. The first kappa shape index (κ1) is 15.7. The van der Waals surface area contributed by atoms with Crippen LogP contribution in [0.1, 0.15) is 5.56 Å². The van der Waals surface area contributed by atoms with E-state index in [-0.39, 0.29) is 13.3 Å². The molecular weight excluding hydrogens is 328 g/mol. The van der Waals surface area contributed by atoms with Gasteiger partial charge in [-0.3, -0.25) is 0 Å². The molecule has 23 heavy (non-hydrogen) atoms. The van der Waals surface area contributed by atoms with Crippen LogP contribution in [0.2, 0.25) is 0 Å². The highest BCUT2D eigenvalue weighted by atomic mass is 32.2. The zero-order valence-electron chi connectivity index (χ0n) is 12.1. The summed E-state index contributed by atoms with van der Waals surface area (Å²) >= 11 is 0. The first-order chi connectivity index (χ1) is 10.9. The first-order valence-corrected chi connectivity index (χ1v) is 8.12. The van der Waals surface area contributed by atoms with Gasteiger partial charge in [0.05, 0.1) is 0 Å². The van der Waals surface area contributed by atoms with E-state index in [1.807, 2.05) is 0 Å². The van der Waals surface area contributed by atoms with E-state index in [4.69, 9.17) is 9.47 Å². The molecule has 0 unspecified atom stereocenters. The van der Waals surface area contributed by atoms with E-state index >= 15 is 0 Å². The number of rotatable bonds is 4. The Balaban J connectivity index is 1.89. The Kier molecular flexibility index (Phi) is 3.95. The average molecular weight is 341 g/mol. The minimum atomic E-state index is -4.30. The zero-order valence-corrected chi connectivity index (χ0v) is 12.9. The highest BCUT2D eigenvalue weighted by molar-refractivity contribution is 7.89. The van der Waals surface area contributed by atoms with Crippen LogP contribution in [-0.4, -0.2) is 26.6 Å². The third-order valence-electron chi connectivity index (χ3n) is 3.43. The summed E-state index contributed by atoms with van der Waals surface area (Å²) in [5, 5.41) is 0. The summed E-state index contributed by atoms with van der Waals surface area (Å²) in [5.74, 6) is -1.17. The molecule has 0 saturated carbocycles. The van der Waals surface area contributed by atoms with Gasteiger partial charge in [0.25, 0.3) is 0 Å². The fraction of sp³-hybridized carbons (Fsp3) is 0.200. The van der Waals surface area contributed by atoms with Gasteiger partial charge < -0.3 is 9.47 Å². The number of ether oxygens (including phenoxy) is 2. The number of hydrogen-bond acceptors (Lipinski definition) is 4. The molecule has 122 valence electrons. The molecule has 0 bridgehead atoms. The largest absolute Gasteiger partial charge is 0.454 e. The molecule has 1 aliphatic heterocycles. The molecule has 0 aromatic heterocycles. The molecule has 8 heteroatoms. The fourth-order valence-corrected chi connectivity index (χ4v) is 3.53. The minimum absolute atomic E-state index is 0.0628. The second-order valence-corrected chi connectivity index (χ2v) is 6.98. The van der Waals surface area contributed by atoms with Gasteiger partial charge in [0.1, 0.15) is 11.6 Å². The maximum absolute atomic E-state index is 13.7. The molecule has 0 fully saturated rings. The lowest BCUT2D eigenvalue weighted by Crippen LogP contribution is -2.28. The van der Waals surface area contributed by atoms with E-state index in [0.717, 1.165) is 22.5 Å². The normalized spacial score (nSPS) is 13.6. The van der Waals surface area contributed by atoms with Crippen LogP contribution in [0.15, 0.2) is 41.3 Å². The van der Waals surface area contributed by atoms with Crippen LogP contribution in [0, 0.1) is 11.6 Å². The molecule has 0 aliphatic carbocycles. The quantitative estimate of drug-likeness (QED) is 0.857. The van der Waals surface area contributed by atoms with Crippen LogP contribution >= 0.6 is 0 Å². The Bertz CT molecular complexity index is 834.